The van der Waals surface area contributed by atoms with Gasteiger partial charge in [-0.3, -0.25) is 4.90 Å². The van der Waals surface area contributed by atoms with Crippen LogP contribution in [-0.4, -0.2) is 36.6 Å². The van der Waals surface area contributed by atoms with Crippen molar-refractivity contribution >= 4 is 0 Å². The van der Waals surface area contributed by atoms with Crippen molar-refractivity contribution in [2.45, 2.75) is 95.6 Å². The summed E-state index contributed by atoms with van der Waals surface area (Å²) in [5.74, 6) is 0. The van der Waals surface area contributed by atoms with Crippen molar-refractivity contribution < 1.29 is 0 Å². The molecule has 0 aliphatic heterocycles. The Labute approximate surface area is 161 Å². The van der Waals surface area contributed by atoms with Gasteiger partial charge in [0.15, 0.2) is 0 Å². The molecule has 0 aromatic heterocycles. The lowest BCUT2D eigenvalue weighted by atomic mass is 9.88. The van der Waals surface area contributed by atoms with E-state index in [1.54, 1.807) is 0 Å². The van der Waals surface area contributed by atoms with E-state index in [0.717, 1.165) is 12.1 Å². The van der Waals surface area contributed by atoms with Gasteiger partial charge in [-0.25, -0.2) is 0 Å². The van der Waals surface area contributed by atoms with Crippen LogP contribution in [-0.2, 0) is 6.42 Å². The van der Waals surface area contributed by atoms with E-state index in [-0.39, 0.29) is 0 Å². The van der Waals surface area contributed by atoms with Gasteiger partial charge in [0.1, 0.15) is 0 Å². The minimum absolute atomic E-state index is 0.881. The van der Waals surface area contributed by atoms with E-state index < -0.39 is 0 Å². The highest BCUT2D eigenvalue weighted by atomic mass is 15.2. The molecule has 1 aromatic carbocycles. The molecular weight excluding hydrogens is 316 g/mol. The second kappa shape index (κ2) is 11.8. The van der Waals surface area contributed by atoms with Crippen LogP contribution >= 0.6 is 0 Å². The van der Waals surface area contributed by atoms with E-state index in [1.165, 1.54) is 109 Å². The van der Waals surface area contributed by atoms with Crippen LogP contribution in [0.15, 0.2) is 30.3 Å². The first-order chi connectivity index (χ1) is 12.9. The Morgan fingerprint density at radius 1 is 0.731 bits per heavy atom. The van der Waals surface area contributed by atoms with Crippen LogP contribution in [0.1, 0.15) is 82.6 Å². The van der Waals surface area contributed by atoms with Crippen LogP contribution in [0.3, 0.4) is 0 Å². The monoisotopic (exact) mass is 356 g/mol. The summed E-state index contributed by atoms with van der Waals surface area (Å²) in [7, 11) is 0. The summed E-state index contributed by atoms with van der Waals surface area (Å²) < 4.78 is 0. The van der Waals surface area contributed by atoms with Crippen LogP contribution in [0.2, 0.25) is 0 Å². The van der Waals surface area contributed by atoms with Crippen LogP contribution in [0.25, 0.3) is 0 Å². The largest absolute Gasteiger partial charge is 0.315 e. The van der Waals surface area contributed by atoms with Gasteiger partial charge in [0.05, 0.1) is 0 Å². The molecule has 0 radical (unpaired) electrons. The maximum atomic E-state index is 3.74. The number of nitrogens with zero attached hydrogens (tertiary/aromatic N) is 1. The number of hydrogen-bond acceptors (Lipinski definition) is 2. The first-order valence-electron chi connectivity index (χ1n) is 11.4. The summed E-state index contributed by atoms with van der Waals surface area (Å²) in [5, 5.41) is 3.74. The average Bonchev–Trinajstić information content (AvgIpc) is 2.72. The van der Waals surface area contributed by atoms with Crippen LogP contribution in [0, 0.1) is 0 Å². The minimum Gasteiger partial charge on any atom is -0.315 e. The number of aryl methyl sites for hydroxylation is 1. The first kappa shape index (κ1) is 19.9. The maximum Gasteiger partial charge on any atom is 0.0113 e. The van der Waals surface area contributed by atoms with Crippen LogP contribution in [0.4, 0.5) is 0 Å². The predicted octanol–water partition coefficient (Wildman–Crippen LogP) is 5.57. The number of benzene rings is 1. The first-order valence-corrected chi connectivity index (χ1v) is 11.4. The van der Waals surface area contributed by atoms with Crippen molar-refractivity contribution in [3.05, 3.63) is 35.9 Å². The topological polar surface area (TPSA) is 15.3 Å². The molecule has 2 aliphatic carbocycles. The van der Waals surface area contributed by atoms with Gasteiger partial charge in [0, 0.05) is 25.2 Å². The Balaban J connectivity index is 1.33. The fraction of sp³-hybridized carbons (Fsp3) is 0.750. The molecule has 26 heavy (non-hydrogen) atoms. The van der Waals surface area contributed by atoms with E-state index in [2.05, 4.69) is 40.5 Å². The van der Waals surface area contributed by atoms with Gasteiger partial charge in [-0.1, -0.05) is 68.9 Å². The smallest absolute Gasteiger partial charge is 0.0113 e. The second-order valence-corrected chi connectivity index (χ2v) is 8.51. The Morgan fingerprint density at radius 3 is 1.96 bits per heavy atom. The van der Waals surface area contributed by atoms with Gasteiger partial charge in [-0.15, -0.1) is 0 Å². The molecule has 0 bridgehead atoms. The molecule has 0 unspecified atom stereocenters. The Bertz CT molecular complexity index is 442. The SMILES string of the molecule is c1ccc(CCCCNCCN(C2CCCCC2)C2CCCCC2)cc1. The maximum absolute atomic E-state index is 3.74. The van der Waals surface area contributed by atoms with Gasteiger partial charge in [-0.05, 0) is 57.1 Å². The number of hydrogen-bond donors (Lipinski definition) is 1. The molecule has 2 heteroatoms. The van der Waals surface area contributed by atoms with Crippen LogP contribution < -0.4 is 5.32 Å². The third-order valence-electron chi connectivity index (χ3n) is 6.55. The van der Waals surface area contributed by atoms with E-state index in [9.17, 15) is 0 Å². The molecule has 146 valence electrons. The van der Waals surface area contributed by atoms with Crippen molar-refractivity contribution in [3.8, 4) is 0 Å². The highest BCUT2D eigenvalue weighted by Crippen LogP contribution is 2.29. The van der Waals surface area contributed by atoms with Gasteiger partial charge < -0.3 is 5.32 Å². The summed E-state index contributed by atoms with van der Waals surface area (Å²) in [6.07, 6.45) is 18.4. The predicted molar refractivity (Wildman–Crippen MR) is 113 cm³/mol. The molecule has 2 aliphatic rings. The summed E-state index contributed by atoms with van der Waals surface area (Å²) in [6, 6.07) is 12.7. The second-order valence-electron chi connectivity index (χ2n) is 8.51. The molecule has 0 saturated heterocycles. The summed E-state index contributed by atoms with van der Waals surface area (Å²) in [5.41, 5.74) is 1.48. The molecule has 1 N–H and O–H groups in total. The number of unbranched alkanes of at least 4 members (excludes halogenated alkanes) is 1. The fourth-order valence-electron chi connectivity index (χ4n) is 5.05. The van der Waals surface area contributed by atoms with Gasteiger partial charge >= 0.3 is 0 Å². The third kappa shape index (κ3) is 6.70. The Morgan fingerprint density at radius 2 is 1.35 bits per heavy atom. The van der Waals surface area contributed by atoms with Crippen molar-refractivity contribution in [2.75, 3.05) is 19.6 Å². The van der Waals surface area contributed by atoms with Gasteiger partial charge in [0.2, 0.25) is 0 Å². The summed E-state index contributed by atoms with van der Waals surface area (Å²) in [4.78, 5) is 2.93. The molecule has 1 aromatic rings. The van der Waals surface area contributed by atoms with Crippen LogP contribution in [0.5, 0.6) is 0 Å². The molecule has 2 nitrogen and oxygen atoms in total. The molecule has 0 atom stereocenters. The van der Waals surface area contributed by atoms with Crippen molar-refractivity contribution in [2.24, 2.45) is 0 Å². The summed E-state index contributed by atoms with van der Waals surface area (Å²) in [6.45, 7) is 3.63. The normalized spacial score (nSPS) is 19.9. The molecule has 2 fully saturated rings. The number of rotatable bonds is 10. The molecule has 0 spiro atoms. The lowest BCUT2D eigenvalue weighted by Crippen LogP contribution is -2.48. The fourth-order valence-corrected chi connectivity index (χ4v) is 5.05. The molecule has 0 heterocycles. The Kier molecular flexibility index (Phi) is 9.00. The van der Waals surface area contributed by atoms with Crippen molar-refractivity contribution in [1.82, 2.24) is 10.2 Å². The zero-order valence-corrected chi connectivity index (χ0v) is 16.8. The minimum atomic E-state index is 0.881. The van der Waals surface area contributed by atoms with Gasteiger partial charge in [0.25, 0.3) is 0 Å². The highest BCUT2D eigenvalue weighted by molar-refractivity contribution is 5.14. The lowest BCUT2D eigenvalue weighted by Gasteiger charge is -2.41. The lowest BCUT2D eigenvalue weighted by molar-refractivity contribution is 0.0818. The molecular formula is C24H40N2. The number of nitrogens with one attached hydrogen (secondary N) is 1. The van der Waals surface area contributed by atoms with E-state index in [1.807, 2.05) is 0 Å². The third-order valence-corrected chi connectivity index (χ3v) is 6.55. The standard InChI is InChI=1S/C24H40N2/c1-4-12-22(13-5-1)14-10-11-19-25-20-21-26(23-15-6-2-7-16-23)24-17-8-3-9-18-24/h1,4-5,12-13,23-25H,2-3,6-11,14-21H2. The molecule has 2 saturated carbocycles. The zero-order chi connectivity index (χ0) is 17.9. The van der Waals surface area contributed by atoms with E-state index in [0.29, 0.717) is 0 Å². The van der Waals surface area contributed by atoms with E-state index in [4.69, 9.17) is 0 Å². The van der Waals surface area contributed by atoms with Gasteiger partial charge in [-0.2, -0.15) is 0 Å². The highest BCUT2D eigenvalue weighted by Gasteiger charge is 2.28. The summed E-state index contributed by atoms with van der Waals surface area (Å²) >= 11 is 0. The molecule has 0 amide bonds. The van der Waals surface area contributed by atoms with Crippen molar-refractivity contribution in [1.29, 1.82) is 0 Å². The van der Waals surface area contributed by atoms with E-state index >= 15 is 0 Å². The quantitative estimate of drug-likeness (QED) is 0.552. The molecule has 3 rings (SSSR count). The zero-order valence-electron chi connectivity index (χ0n) is 16.8. The Hall–Kier alpha value is -0.860. The van der Waals surface area contributed by atoms with Crippen molar-refractivity contribution in [3.63, 3.8) is 0 Å². The average molecular weight is 357 g/mol.